The van der Waals surface area contributed by atoms with Crippen molar-refractivity contribution >= 4 is 75.7 Å². The lowest BCUT2D eigenvalue weighted by Gasteiger charge is -2.43. The van der Waals surface area contributed by atoms with Crippen LogP contribution in [0.5, 0.6) is 5.75 Å². The van der Waals surface area contributed by atoms with Gasteiger partial charge >= 0.3 is 10.8 Å². The predicted molar refractivity (Wildman–Crippen MR) is 164 cm³/mol. The second-order valence-corrected chi connectivity index (χ2v) is 14.6. The number of aliphatic carboxylic acids is 1. The Morgan fingerprint density at radius 1 is 1.07 bits per heavy atom. The van der Waals surface area contributed by atoms with E-state index in [0.717, 1.165) is 21.1 Å². The molecule has 7 rings (SSSR count). The summed E-state index contributed by atoms with van der Waals surface area (Å²) >= 11 is 15.1. The number of hydrogen-bond donors (Lipinski definition) is 3. The zero-order valence-electron chi connectivity index (χ0n) is 23.0. The van der Waals surface area contributed by atoms with Gasteiger partial charge in [-0.2, -0.15) is 0 Å². The monoisotopic (exact) mass is 673 g/mol. The Kier molecular flexibility index (Phi) is 7.31. The molecule has 2 aliphatic heterocycles. The summed E-state index contributed by atoms with van der Waals surface area (Å²) in [5.41, 5.74) is 1.24. The number of carbonyl (C=O) groups excluding carboxylic acids is 3. The summed E-state index contributed by atoms with van der Waals surface area (Å²) in [4.78, 5) is 68.8. The molecule has 2 saturated carbocycles. The van der Waals surface area contributed by atoms with E-state index in [4.69, 9.17) is 27.9 Å². The number of carboxylic acids is 1. The van der Waals surface area contributed by atoms with Crippen molar-refractivity contribution < 1.29 is 29.0 Å². The van der Waals surface area contributed by atoms with Crippen LogP contribution >= 0.6 is 46.3 Å². The molecular formula is C30H25Cl2N3O7S2. The van der Waals surface area contributed by atoms with Gasteiger partial charge in [0.15, 0.2) is 6.61 Å². The number of carbonyl (C=O) groups is 4. The minimum absolute atomic E-state index is 0.110. The van der Waals surface area contributed by atoms with E-state index in [1.807, 2.05) is 0 Å². The average molecular weight is 675 g/mol. The van der Waals surface area contributed by atoms with E-state index in [2.05, 4.69) is 10.3 Å². The van der Waals surface area contributed by atoms with Gasteiger partial charge in [-0.1, -0.05) is 34.5 Å². The molecule has 1 saturated heterocycles. The summed E-state index contributed by atoms with van der Waals surface area (Å²) in [6.45, 7) is 1.06. The van der Waals surface area contributed by atoms with Crippen LogP contribution in [-0.4, -0.2) is 56.6 Å². The second-order valence-electron chi connectivity index (χ2n) is 11.5. The van der Waals surface area contributed by atoms with Gasteiger partial charge < -0.3 is 20.1 Å². The first-order valence-corrected chi connectivity index (χ1v) is 16.5. The molecule has 2 aromatic carbocycles. The van der Waals surface area contributed by atoms with Crippen LogP contribution < -0.4 is 14.9 Å². The Morgan fingerprint density at radius 2 is 1.75 bits per heavy atom. The number of halogens is 2. The number of carboxylic acid groups (broad SMARTS) is 1. The number of hydrogen-bond acceptors (Lipinski definition) is 8. The minimum Gasteiger partial charge on any atom is -0.483 e. The van der Waals surface area contributed by atoms with Crippen LogP contribution in [0.2, 0.25) is 10.0 Å². The number of thioether (sulfide) groups is 1. The lowest BCUT2D eigenvalue weighted by Crippen LogP contribution is -2.44. The number of ether oxygens (including phenoxy) is 1. The van der Waals surface area contributed by atoms with Crippen molar-refractivity contribution in [2.75, 3.05) is 11.9 Å². The summed E-state index contributed by atoms with van der Waals surface area (Å²) in [6.07, 6.45) is 0.639. The zero-order valence-corrected chi connectivity index (χ0v) is 26.1. The summed E-state index contributed by atoms with van der Waals surface area (Å²) < 4.78 is 6.07. The summed E-state index contributed by atoms with van der Waals surface area (Å²) in [7, 11) is 0. The van der Waals surface area contributed by atoms with E-state index < -0.39 is 41.6 Å². The van der Waals surface area contributed by atoms with E-state index in [9.17, 15) is 29.1 Å². The molecule has 44 heavy (non-hydrogen) atoms. The number of rotatable bonds is 7. The Bertz CT molecular complexity index is 1780. The Labute approximate surface area is 269 Å². The fourth-order valence-corrected chi connectivity index (χ4v) is 10.8. The Morgan fingerprint density at radius 3 is 2.45 bits per heavy atom. The Balaban J connectivity index is 1.23. The number of amides is 3. The topological polar surface area (TPSA) is 146 Å². The minimum atomic E-state index is -1.25. The van der Waals surface area contributed by atoms with Gasteiger partial charge in [0.05, 0.1) is 16.9 Å². The number of H-pyrrole nitrogens is 1. The first kappa shape index (κ1) is 29.4. The third-order valence-corrected chi connectivity index (χ3v) is 12.4. The highest BCUT2D eigenvalue weighted by atomic mass is 35.5. The van der Waals surface area contributed by atoms with Crippen molar-refractivity contribution in [1.82, 2.24) is 9.88 Å². The lowest BCUT2D eigenvalue weighted by atomic mass is 9.68. The molecule has 228 valence electrons. The highest BCUT2D eigenvalue weighted by Crippen LogP contribution is 2.69. The van der Waals surface area contributed by atoms with Gasteiger partial charge in [-0.05, 0) is 73.6 Å². The van der Waals surface area contributed by atoms with E-state index in [1.54, 1.807) is 42.5 Å². The van der Waals surface area contributed by atoms with Crippen LogP contribution in [0.25, 0.3) is 0 Å². The largest absolute Gasteiger partial charge is 0.483 e. The molecule has 2 bridgehead atoms. The molecule has 3 amide bonds. The maximum absolute atomic E-state index is 13.7. The van der Waals surface area contributed by atoms with Crippen LogP contribution in [-0.2, 0) is 19.2 Å². The molecule has 3 fully saturated rings. The molecular weight excluding hydrogens is 649 g/mol. The standard InChI is InChI=1S/C30H25Cl2N3O7S2/c1-11(29(39)40)35-27(37)22-16-9-17(23(22)28(35)38)24-21(16)20(25-26(43-24)34-30(41)44-25)15-8-13(32)4-7-18(15)42-10-19(36)33-14-5-2-12(31)3-6-14/h2-8,11,16-17,20-24H,9-10H2,1H3,(H,33,36)(H,34,41)(H,39,40)/t11?,16?,17?,20-,21?,22?,23?,24?/m1/s1. The first-order chi connectivity index (χ1) is 21.0. The number of anilines is 1. The van der Waals surface area contributed by atoms with Crippen LogP contribution in [0.1, 0.15) is 29.7 Å². The number of aromatic amines is 1. The third-order valence-electron chi connectivity index (χ3n) is 9.30. The highest BCUT2D eigenvalue weighted by Gasteiger charge is 2.70. The van der Waals surface area contributed by atoms with Crippen molar-refractivity contribution in [2.45, 2.75) is 35.6 Å². The van der Waals surface area contributed by atoms with Gasteiger partial charge in [0.1, 0.15) is 11.8 Å². The molecule has 0 spiro atoms. The number of thiazole rings is 1. The fourth-order valence-electron chi connectivity index (χ4n) is 7.65. The average Bonchev–Trinajstić information content (AvgIpc) is 3.72. The number of imide groups is 1. The quantitative estimate of drug-likeness (QED) is 0.306. The highest BCUT2D eigenvalue weighted by molar-refractivity contribution is 8.00. The predicted octanol–water partition coefficient (Wildman–Crippen LogP) is 4.71. The fraction of sp³-hybridized carbons (Fsp3) is 0.367. The molecule has 7 unspecified atom stereocenters. The molecule has 8 atom stereocenters. The number of benzene rings is 2. The zero-order chi connectivity index (χ0) is 31.0. The maximum atomic E-state index is 13.7. The number of likely N-dealkylation sites (tertiary alicyclic amines) is 1. The van der Waals surface area contributed by atoms with Gasteiger partial charge in [0, 0.05) is 37.3 Å². The summed E-state index contributed by atoms with van der Waals surface area (Å²) in [5.74, 6) is -4.27. The van der Waals surface area contributed by atoms with Crippen LogP contribution in [0.3, 0.4) is 0 Å². The smallest absolute Gasteiger partial charge is 0.326 e. The van der Waals surface area contributed by atoms with Crippen LogP contribution in [0.4, 0.5) is 5.69 Å². The van der Waals surface area contributed by atoms with Crippen LogP contribution in [0.15, 0.2) is 52.3 Å². The normalized spacial score (nSPS) is 28.8. The number of nitrogens with zero attached hydrogens (tertiary/aromatic N) is 1. The van der Waals surface area contributed by atoms with Crippen LogP contribution in [0, 0.1) is 29.6 Å². The van der Waals surface area contributed by atoms with Crippen molar-refractivity contribution in [3.05, 3.63) is 72.6 Å². The first-order valence-electron chi connectivity index (χ1n) is 14.0. The number of nitrogens with one attached hydrogen (secondary N) is 2. The molecule has 10 nitrogen and oxygen atoms in total. The lowest BCUT2D eigenvalue weighted by molar-refractivity contribution is -0.154. The van der Waals surface area contributed by atoms with Crippen molar-refractivity contribution in [2.24, 2.45) is 29.6 Å². The molecule has 14 heteroatoms. The van der Waals surface area contributed by atoms with Gasteiger partial charge in [-0.15, -0.1) is 11.8 Å². The van der Waals surface area contributed by atoms with Crippen molar-refractivity contribution in [1.29, 1.82) is 0 Å². The van der Waals surface area contributed by atoms with Gasteiger partial charge in [0.2, 0.25) is 11.8 Å². The number of fused-ring (bicyclic) bond motifs is 9. The summed E-state index contributed by atoms with van der Waals surface area (Å²) in [5, 5.41) is 13.9. The summed E-state index contributed by atoms with van der Waals surface area (Å²) in [6, 6.07) is 10.6. The van der Waals surface area contributed by atoms with Crippen molar-refractivity contribution in [3.63, 3.8) is 0 Å². The molecule has 3 N–H and O–H groups in total. The van der Waals surface area contributed by atoms with E-state index >= 15 is 0 Å². The molecule has 3 aromatic rings. The molecule has 1 aromatic heterocycles. The molecule has 0 radical (unpaired) electrons. The molecule has 2 aliphatic carbocycles. The molecule has 3 heterocycles. The van der Waals surface area contributed by atoms with Gasteiger partial charge in [-0.3, -0.25) is 24.1 Å². The second kappa shape index (κ2) is 10.9. The Hall–Kier alpha value is -3.32. The maximum Gasteiger partial charge on any atom is 0.326 e. The van der Waals surface area contributed by atoms with Crippen molar-refractivity contribution in [3.8, 4) is 5.75 Å². The van der Waals surface area contributed by atoms with Gasteiger partial charge in [0.25, 0.3) is 5.91 Å². The SMILES string of the molecule is CC(C(=O)O)N1C(=O)C2C3CC(C2C1=O)C1C3Sc2[nH]c(=O)sc2[C@@H]1c1cc(Cl)ccc1OCC(=O)Nc1ccc(Cl)cc1. The van der Waals surface area contributed by atoms with Gasteiger partial charge in [-0.25, -0.2) is 4.79 Å². The third kappa shape index (κ3) is 4.65. The molecule has 4 aliphatic rings. The number of aromatic nitrogens is 1. The van der Waals surface area contributed by atoms with E-state index in [-0.39, 0.29) is 40.4 Å². The van der Waals surface area contributed by atoms with E-state index in [1.165, 1.54) is 18.7 Å². The van der Waals surface area contributed by atoms with E-state index in [0.29, 0.717) is 38.5 Å².